The van der Waals surface area contributed by atoms with Gasteiger partial charge in [0.1, 0.15) is 0 Å². The molecule has 0 heterocycles. The Morgan fingerprint density at radius 3 is 2.43 bits per heavy atom. The summed E-state index contributed by atoms with van der Waals surface area (Å²) in [6, 6.07) is 0. The van der Waals surface area contributed by atoms with Crippen LogP contribution >= 0.6 is 0 Å². The lowest BCUT2D eigenvalue weighted by molar-refractivity contribution is -0.143. The van der Waals surface area contributed by atoms with Gasteiger partial charge in [-0.05, 0) is 6.42 Å². The van der Waals surface area contributed by atoms with E-state index < -0.39 is 0 Å². The molecule has 0 unspecified atom stereocenters. The van der Waals surface area contributed by atoms with Crippen LogP contribution < -0.4 is 5.73 Å². The molecule has 0 saturated heterocycles. The Morgan fingerprint density at radius 2 is 1.79 bits per heavy atom. The number of carbonyl (C=O) groups excluding carboxylic acids is 1. The third kappa shape index (κ3) is 9.52. The van der Waals surface area contributed by atoms with E-state index >= 15 is 0 Å². The maximum atomic E-state index is 10.9. The van der Waals surface area contributed by atoms with Gasteiger partial charge in [0, 0.05) is 6.54 Å². The molecule has 0 bridgehead atoms. The highest BCUT2D eigenvalue weighted by molar-refractivity contribution is 5.69. The topological polar surface area (TPSA) is 52.3 Å². The standard InChI is InChI=1S/C11H23NO2/c1-2-3-4-5-6-7-10-14-11(13)8-9-12/h2-10,12H2,1H3. The number of ether oxygens (including phenoxy) is 1. The Hall–Kier alpha value is -0.570. The average Bonchev–Trinajstić information content (AvgIpc) is 2.17. The van der Waals surface area contributed by atoms with Crippen molar-refractivity contribution in [2.24, 2.45) is 5.73 Å². The number of esters is 1. The summed E-state index contributed by atoms with van der Waals surface area (Å²) in [5, 5.41) is 0. The zero-order chi connectivity index (χ0) is 10.6. The molecule has 0 amide bonds. The summed E-state index contributed by atoms with van der Waals surface area (Å²) in [7, 11) is 0. The van der Waals surface area contributed by atoms with Crippen LogP contribution in [0.1, 0.15) is 51.9 Å². The van der Waals surface area contributed by atoms with Crippen LogP contribution in [0.2, 0.25) is 0 Å². The Bertz CT molecular complexity index is 137. The van der Waals surface area contributed by atoms with Gasteiger partial charge in [-0.3, -0.25) is 4.79 Å². The monoisotopic (exact) mass is 201 g/mol. The Kier molecular flexibility index (Phi) is 10.1. The molecule has 0 spiro atoms. The van der Waals surface area contributed by atoms with Crippen molar-refractivity contribution in [2.45, 2.75) is 51.9 Å². The second-order valence-corrected chi connectivity index (χ2v) is 3.53. The molecule has 0 aliphatic heterocycles. The van der Waals surface area contributed by atoms with E-state index in [9.17, 15) is 4.79 Å². The first-order valence-corrected chi connectivity index (χ1v) is 5.67. The SMILES string of the molecule is CCCCCCCCOC(=O)CCN. The lowest BCUT2D eigenvalue weighted by atomic mass is 10.1. The van der Waals surface area contributed by atoms with Crippen molar-refractivity contribution in [1.82, 2.24) is 0 Å². The molecule has 0 aliphatic carbocycles. The number of hydrogen-bond donors (Lipinski definition) is 1. The summed E-state index contributed by atoms with van der Waals surface area (Å²) in [4.78, 5) is 10.9. The largest absolute Gasteiger partial charge is 0.466 e. The number of hydrogen-bond acceptors (Lipinski definition) is 3. The van der Waals surface area contributed by atoms with E-state index in [-0.39, 0.29) is 5.97 Å². The first-order chi connectivity index (χ1) is 6.81. The molecule has 14 heavy (non-hydrogen) atoms. The van der Waals surface area contributed by atoms with Gasteiger partial charge < -0.3 is 10.5 Å². The molecule has 0 rings (SSSR count). The minimum absolute atomic E-state index is 0.166. The third-order valence-electron chi connectivity index (χ3n) is 2.11. The molecule has 84 valence electrons. The summed E-state index contributed by atoms with van der Waals surface area (Å²) in [6.07, 6.45) is 7.62. The van der Waals surface area contributed by atoms with Crippen LogP contribution in [0, 0.1) is 0 Å². The van der Waals surface area contributed by atoms with E-state index in [4.69, 9.17) is 10.5 Å². The molecule has 0 aromatic rings. The van der Waals surface area contributed by atoms with Gasteiger partial charge in [0.25, 0.3) is 0 Å². The zero-order valence-electron chi connectivity index (χ0n) is 9.26. The van der Waals surface area contributed by atoms with Gasteiger partial charge >= 0.3 is 5.97 Å². The Morgan fingerprint density at radius 1 is 1.14 bits per heavy atom. The van der Waals surface area contributed by atoms with E-state index in [2.05, 4.69) is 6.92 Å². The first kappa shape index (κ1) is 13.4. The molecule has 3 nitrogen and oxygen atoms in total. The van der Waals surface area contributed by atoms with E-state index in [0.29, 0.717) is 19.6 Å². The van der Waals surface area contributed by atoms with Crippen molar-refractivity contribution < 1.29 is 9.53 Å². The number of nitrogens with two attached hydrogens (primary N) is 1. The van der Waals surface area contributed by atoms with E-state index in [1.54, 1.807) is 0 Å². The van der Waals surface area contributed by atoms with Gasteiger partial charge in [-0.25, -0.2) is 0 Å². The van der Waals surface area contributed by atoms with E-state index in [1.807, 2.05) is 0 Å². The molecule has 0 saturated carbocycles. The quantitative estimate of drug-likeness (QED) is 0.460. The van der Waals surface area contributed by atoms with Crippen LogP contribution in [0.3, 0.4) is 0 Å². The van der Waals surface area contributed by atoms with E-state index in [0.717, 1.165) is 12.8 Å². The zero-order valence-corrected chi connectivity index (χ0v) is 9.26. The summed E-state index contributed by atoms with van der Waals surface area (Å²) in [5.41, 5.74) is 5.21. The lowest BCUT2D eigenvalue weighted by Gasteiger charge is -2.03. The molecule has 0 atom stereocenters. The van der Waals surface area contributed by atoms with Crippen LogP contribution in [0.25, 0.3) is 0 Å². The van der Waals surface area contributed by atoms with Gasteiger partial charge in [-0.2, -0.15) is 0 Å². The summed E-state index contributed by atoms with van der Waals surface area (Å²) in [5.74, 6) is -0.166. The van der Waals surface area contributed by atoms with Gasteiger partial charge in [0.2, 0.25) is 0 Å². The maximum absolute atomic E-state index is 10.9. The minimum atomic E-state index is -0.166. The molecular weight excluding hydrogens is 178 g/mol. The smallest absolute Gasteiger partial charge is 0.307 e. The maximum Gasteiger partial charge on any atom is 0.307 e. The average molecular weight is 201 g/mol. The van der Waals surface area contributed by atoms with Gasteiger partial charge in [-0.15, -0.1) is 0 Å². The fourth-order valence-electron chi connectivity index (χ4n) is 1.26. The number of carbonyl (C=O) groups is 1. The molecule has 0 aromatic carbocycles. The minimum Gasteiger partial charge on any atom is -0.466 e. The molecule has 0 radical (unpaired) electrons. The number of rotatable bonds is 9. The molecular formula is C11H23NO2. The predicted molar refractivity (Wildman–Crippen MR) is 58.0 cm³/mol. The normalized spacial score (nSPS) is 10.1. The first-order valence-electron chi connectivity index (χ1n) is 5.67. The van der Waals surface area contributed by atoms with Crippen molar-refractivity contribution in [3.05, 3.63) is 0 Å². The molecule has 2 N–H and O–H groups in total. The van der Waals surface area contributed by atoms with Crippen molar-refractivity contribution in [2.75, 3.05) is 13.2 Å². The highest BCUT2D eigenvalue weighted by Crippen LogP contribution is 2.04. The van der Waals surface area contributed by atoms with Crippen LogP contribution in [-0.2, 0) is 9.53 Å². The summed E-state index contributed by atoms with van der Waals surface area (Å²) < 4.78 is 4.97. The van der Waals surface area contributed by atoms with Gasteiger partial charge in [0.15, 0.2) is 0 Å². The van der Waals surface area contributed by atoms with Gasteiger partial charge in [0.05, 0.1) is 13.0 Å². The Balaban J connectivity index is 3.01. The fourth-order valence-corrected chi connectivity index (χ4v) is 1.26. The second kappa shape index (κ2) is 10.5. The van der Waals surface area contributed by atoms with Crippen LogP contribution in [0.4, 0.5) is 0 Å². The molecule has 3 heteroatoms. The van der Waals surface area contributed by atoms with Crippen molar-refractivity contribution in [3.63, 3.8) is 0 Å². The number of unbranched alkanes of at least 4 members (excludes halogenated alkanes) is 5. The summed E-state index contributed by atoms with van der Waals surface area (Å²) >= 11 is 0. The van der Waals surface area contributed by atoms with Crippen molar-refractivity contribution >= 4 is 5.97 Å². The van der Waals surface area contributed by atoms with Crippen LogP contribution in [0.15, 0.2) is 0 Å². The molecule has 0 aromatic heterocycles. The highest BCUT2D eigenvalue weighted by Gasteiger charge is 1.99. The van der Waals surface area contributed by atoms with Crippen LogP contribution in [0.5, 0.6) is 0 Å². The van der Waals surface area contributed by atoms with Gasteiger partial charge in [-0.1, -0.05) is 39.0 Å². The second-order valence-electron chi connectivity index (χ2n) is 3.53. The highest BCUT2D eigenvalue weighted by atomic mass is 16.5. The third-order valence-corrected chi connectivity index (χ3v) is 2.11. The van der Waals surface area contributed by atoms with Crippen molar-refractivity contribution in [3.8, 4) is 0 Å². The summed E-state index contributed by atoms with van der Waals surface area (Å²) in [6.45, 7) is 3.15. The Labute approximate surface area is 87.0 Å². The molecule has 0 fully saturated rings. The fraction of sp³-hybridized carbons (Fsp3) is 0.909. The predicted octanol–water partition coefficient (Wildman–Crippen LogP) is 2.24. The van der Waals surface area contributed by atoms with Crippen LogP contribution in [-0.4, -0.2) is 19.1 Å². The molecule has 0 aliphatic rings. The lowest BCUT2D eigenvalue weighted by Crippen LogP contribution is -2.11. The van der Waals surface area contributed by atoms with E-state index in [1.165, 1.54) is 25.7 Å². The van der Waals surface area contributed by atoms with Crippen molar-refractivity contribution in [1.29, 1.82) is 0 Å².